The molecule has 0 saturated heterocycles. The summed E-state index contributed by atoms with van der Waals surface area (Å²) in [6.07, 6.45) is 3.99. The van der Waals surface area contributed by atoms with E-state index < -0.39 is 0 Å². The molecule has 2 heterocycles. The average molecular weight is 255 g/mol. The summed E-state index contributed by atoms with van der Waals surface area (Å²) < 4.78 is 0. The normalized spacial score (nSPS) is 14.1. The van der Waals surface area contributed by atoms with E-state index >= 15 is 0 Å². The Hall–Kier alpha value is -2.23. The minimum atomic E-state index is -0.103. The fourth-order valence-corrected chi connectivity index (χ4v) is 2.53. The molecule has 3 rings (SSSR count). The van der Waals surface area contributed by atoms with Crippen LogP contribution < -0.4 is 10.2 Å². The van der Waals surface area contributed by atoms with Crippen LogP contribution in [0.25, 0.3) is 0 Å². The summed E-state index contributed by atoms with van der Waals surface area (Å²) in [7, 11) is 2.11. The van der Waals surface area contributed by atoms with Gasteiger partial charge in [0.2, 0.25) is 0 Å². The van der Waals surface area contributed by atoms with Crippen LogP contribution in [0.5, 0.6) is 0 Å². The summed E-state index contributed by atoms with van der Waals surface area (Å²) in [4.78, 5) is 17.1. The standard InChI is InChI=1S/C15H17N3O/c1-18-9-3-4-11-10-12(6-7-14(11)18)17-15(19)13-5-2-8-16-13/h2,5-8,10,16H,3-4,9H2,1H3,(H,17,19). The van der Waals surface area contributed by atoms with Crippen LogP contribution in [0.4, 0.5) is 11.4 Å². The lowest BCUT2D eigenvalue weighted by molar-refractivity contribution is 0.102. The van der Waals surface area contributed by atoms with Crippen molar-refractivity contribution in [1.82, 2.24) is 4.98 Å². The van der Waals surface area contributed by atoms with Crippen molar-refractivity contribution in [1.29, 1.82) is 0 Å². The second kappa shape index (κ2) is 4.80. The van der Waals surface area contributed by atoms with Crippen LogP contribution >= 0.6 is 0 Å². The first-order chi connectivity index (χ1) is 9.24. The van der Waals surface area contributed by atoms with Crippen molar-refractivity contribution in [2.75, 3.05) is 23.8 Å². The highest BCUT2D eigenvalue weighted by atomic mass is 16.1. The Morgan fingerprint density at radius 1 is 1.37 bits per heavy atom. The first kappa shape index (κ1) is 11.8. The average Bonchev–Trinajstić information content (AvgIpc) is 2.93. The summed E-state index contributed by atoms with van der Waals surface area (Å²) in [5.41, 5.74) is 4.01. The number of nitrogens with zero attached hydrogens (tertiary/aromatic N) is 1. The second-order valence-electron chi connectivity index (χ2n) is 4.91. The number of hydrogen-bond acceptors (Lipinski definition) is 2. The number of anilines is 2. The maximum Gasteiger partial charge on any atom is 0.272 e. The van der Waals surface area contributed by atoms with E-state index in [0.29, 0.717) is 5.69 Å². The highest BCUT2D eigenvalue weighted by molar-refractivity contribution is 6.03. The topological polar surface area (TPSA) is 48.1 Å². The molecule has 0 aliphatic carbocycles. The molecule has 98 valence electrons. The summed E-state index contributed by atoms with van der Waals surface area (Å²) in [6.45, 7) is 1.10. The van der Waals surface area contributed by atoms with E-state index in [9.17, 15) is 4.79 Å². The Kier molecular flexibility index (Phi) is 2.99. The van der Waals surface area contributed by atoms with Gasteiger partial charge in [0.05, 0.1) is 0 Å². The number of aryl methyl sites for hydroxylation is 1. The molecule has 0 saturated carbocycles. The summed E-state index contributed by atoms with van der Waals surface area (Å²) in [5.74, 6) is -0.103. The zero-order valence-electron chi connectivity index (χ0n) is 10.9. The van der Waals surface area contributed by atoms with Crippen LogP contribution in [0.1, 0.15) is 22.5 Å². The Bertz CT molecular complexity index is 589. The molecule has 0 bridgehead atoms. The van der Waals surface area contributed by atoms with Gasteiger partial charge in [0.1, 0.15) is 5.69 Å². The van der Waals surface area contributed by atoms with Gasteiger partial charge in [-0.25, -0.2) is 0 Å². The van der Waals surface area contributed by atoms with E-state index in [2.05, 4.69) is 34.4 Å². The number of aromatic amines is 1. The lowest BCUT2D eigenvalue weighted by Gasteiger charge is -2.27. The Morgan fingerprint density at radius 3 is 3.05 bits per heavy atom. The van der Waals surface area contributed by atoms with Gasteiger partial charge in [0.25, 0.3) is 5.91 Å². The third-order valence-corrected chi connectivity index (χ3v) is 3.53. The van der Waals surface area contributed by atoms with Gasteiger partial charge in [0, 0.05) is 31.2 Å². The van der Waals surface area contributed by atoms with E-state index in [1.54, 1.807) is 12.3 Å². The fourth-order valence-electron chi connectivity index (χ4n) is 2.53. The monoisotopic (exact) mass is 255 g/mol. The van der Waals surface area contributed by atoms with Crippen molar-refractivity contribution in [3.05, 3.63) is 47.8 Å². The lowest BCUT2D eigenvalue weighted by Crippen LogP contribution is -2.24. The maximum atomic E-state index is 12.0. The number of fused-ring (bicyclic) bond motifs is 1. The maximum absolute atomic E-state index is 12.0. The molecule has 2 N–H and O–H groups in total. The smallest absolute Gasteiger partial charge is 0.272 e. The van der Waals surface area contributed by atoms with Crippen molar-refractivity contribution in [2.45, 2.75) is 12.8 Å². The predicted octanol–water partition coefficient (Wildman–Crippen LogP) is 2.65. The zero-order valence-corrected chi connectivity index (χ0v) is 10.9. The highest BCUT2D eigenvalue weighted by Crippen LogP contribution is 2.28. The molecule has 0 spiro atoms. The largest absolute Gasteiger partial charge is 0.374 e. The fraction of sp³-hybridized carbons (Fsp3) is 0.267. The molecule has 4 nitrogen and oxygen atoms in total. The molecule has 1 amide bonds. The van der Waals surface area contributed by atoms with Crippen LogP contribution in [0.2, 0.25) is 0 Å². The Morgan fingerprint density at radius 2 is 2.26 bits per heavy atom. The molecule has 0 unspecified atom stereocenters. The van der Waals surface area contributed by atoms with Crippen molar-refractivity contribution in [3.8, 4) is 0 Å². The molecular weight excluding hydrogens is 238 g/mol. The van der Waals surface area contributed by atoms with Gasteiger partial charge in [-0.1, -0.05) is 0 Å². The first-order valence-electron chi connectivity index (χ1n) is 6.53. The number of hydrogen-bond donors (Lipinski definition) is 2. The van der Waals surface area contributed by atoms with Gasteiger partial charge in [-0.05, 0) is 48.7 Å². The van der Waals surface area contributed by atoms with E-state index in [1.165, 1.54) is 11.3 Å². The molecular formula is C15H17N3O. The Balaban J connectivity index is 1.81. The molecule has 1 aromatic carbocycles. The van der Waals surface area contributed by atoms with E-state index in [4.69, 9.17) is 0 Å². The molecule has 0 atom stereocenters. The number of carbonyl (C=O) groups is 1. The minimum Gasteiger partial charge on any atom is -0.374 e. The molecule has 2 aromatic rings. The second-order valence-corrected chi connectivity index (χ2v) is 4.91. The number of amides is 1. The van der Waals surface area contributed by atoms with Gasteiger partial charge >= 0.3 is 0 Å². The Labute approximate surface area is 112 Å². The van der Waals surface area contributed by atoms with Gasteiger partial charge in [-0.3, -0.25) is 4.79 Å². The van der Waals surface area contributed by atoms with Crippen LogP contribution in [0.15, 0.2) is 36.5 Å². The van der Waals surface area contributed by atoms with Crippen LogP contribution in [-0.4, -0.2) is 24.5 Å². The SMILES string of the molecule is CN1CCCc2cc(NC(=O)c3ccc[nH]3)ccc21. The third-order valence-electron chi connectivity index (χ3n) is 3.53. The van der Waals surface area contributed by atoms with E-state index in [-0.39, 0.29) is 5.91 Å². The summed E-state index contributed by atoms with van der Waals surface area (Å²) >= 11 is 0. The van der Waals surface area contributed by atoms with E-state index in [0.717, 1.165) is 25.1 Å². The molecule has 0 radical (unpaired) electrons. The molecule has 1 aliphatic rings. The van der Waals surface area contributed by atoms with Crippen LogP contribution in [-0.2, 0) is 6.42 Å². The first-order valence-corrected chi connectivity index (χ1v) is 6.53. The number of carbonyl (C=O) groups excluding carboxylic acids is 1. The molecule has 1 aliphatic heterocycles. The number of aromatic nitrogens is 1. The third kappa shape index (κ3) is 2.34. The van der Waals surface area contributed by atoms with Crippen molar-refractivity contribution in [2.24, 2.45) is 0 Å². The lowest BCUT2D eigenvalue weighted by atomic mass is 10.0. The van der Waals surface area contributed by atoms with Crippen molar-refractivity contribution in [3.63, 3.8) is 0 Å². The molecule has 0 fully saturated rings. The molecule has 4 heteroatoms. The van der Waals surface area contributed by atoms with Crippen molar-refractivity contribution >= 4 is 17.3 Å². The number of benzene rings is 1. The summed E-state index contributed by atoms with van der Waals surface area (Å²) in [5, 5.41) is 2.92. The molecule has 1 aromatic heterocycles. The number of H-pyrrole nitrogens is 1. The zero-order chi connectivity index (χ0) is 13.2. The quantitative estimate of drug-likeness (QED) is 0.866. The van der Waals surface area contributed by atoms with Gasteiger partial charge < -0.3 is 15.2 Å². The highest BCUT2D eigenvalue weighted by Gasteiger charge is 2.14. The summed E-state index contributed by atoms with van der Waals surface area (Å²) in [6, 6.07) is 9.70. The minimum absolute atomic E-state index is 0.103. The van der Waals surface area contributed by atoms with Gasteiger partial charge in [-0.15, -0.1) is 0 Å². The molecule has 19 heavy (non-hydrogen) atoms. The van der Waals surface area contributed by atoms with E-state index in [1.807, 2.05) is 12.1 Å². The van der Waals surface area contributed by atoms with Crippen LogP contribution in [0.3, 0.4) is 0 Å². The van der Waals surface area contributed by atoms with Crippen LogP contribution in [0, 0.1) is 0 Å². The van der Waals surface area contributed by atoms with Gasteiger partial charge in [-0.2, -0.15) is 0 Å². The van der Waals surface area contributed by atoms with Gasteiger partial charge in [0.15, 0.2) is 0 Å². The number of rotatable bonds is 2. The predicted molar refractivity (Wildman–Crippen MR) is 76.8 cm³/mol. The number of nitrogens with one attached hydrogen (secondary N) is 2. The van der Waals surface area contributed by atoms with Crippen molar-refractivity contribution < 1.29 is 4.79 Å².